The smallest absolute Gasteiger partial charge is 0.0959 e. The first-order chi connectivity index (χ1) is 12.4. The number of imidazole rings is 1. The maximum Gasteiger partial charge on any atom is 0.0959 e. The minimum atomic E-state index is 0.725. The van der Waals surface area contributed by atoms with Crippen LogP contribution in [0, 0.1) is 0 Å². The van der Waals surface area contributed by atoms with E-state index in [4.69, 9.17) is 4.98 Å². The molecule has 2 heterocycles. The molecular formula is C22H19N3. The van der Waals surface area contributed by atoms with Crippen LogP contribution in [-0.4, -0.2) is 14.5 Å². The molecule has 3 heteroatoms. The Bertz CT molecular complexity index is 929. The fourth-order valence-corrected chi connectivity index (χ4v) is 3.02. The predicted molar refractivity (Wildman–Crippen MR) is 100 cm³/mol. The lowest BCUT2D eigenvalue weighted by molar-refractivity contribution is 0.735. The largest absolute Gasteiger partial charge is 0.328 e. The van der Waals surface area contributed by atoms with Gasteiger partial charge in [0.05, 0.1) is 30.0 Å². The minimum Gasteiger partial charge on any atom is -0.328 e. The maximum atomic E-state index is 4.71. The third kappa shape index (κ3) is 3.50. The summed E-state index contributed by atoms with van der Waals surface area (Å²) in [4.78, 5) is 9.17. The van der Waals surface area contributed by atoms with E-state index >= 15 is 0 Å². The van der Waals surface area contributed by atoms with E-state index in [9.17, 15) is 0 Å². The fourth-order valence-electron chi connectivity index (χ4n) is 3.02. The van der Waals surface area contributed by atoms with Crippen molar-refractivity contribution in [1.29, 1.82) is 0 Å². The van der Waals surface area contributed by atoms with Crippen LogP contribution >= 0.6 is 0 Å². The van der Waals surface area contributed by atoms with Gasteiger partial charge in [0.25, 0.3) is 0 Å². The molecule has 2 aromatic carbocycles. The van der Waals surface area contributed by atoms with Crippen molar-refractivity contribution in [3.63, 3.8) is 0 Å². The summed E-state index contributed by atoms with van der Waals surface area (Å²) >= 11 is 0. The second-order valence-corrected chi connectivity index (χ2v) is 6.02. The lowest BCUT2D eigenvalue weighted by Gasteiger charge is -2.10. The van der Waals surface area contributed by atoms with Crippen molar-refractivity contribution in [2.75, 3.05) is 0 Å². The van der Waals surface area contributed by atoms with Crippen molar-refractivity contribution in [1.82, 2.24) is 14.5 Å². The Morgan fingerprint density at radius 3 is 2.16 bits per heavy atom. The van der Waals surface area contributed by atoms with Crippen LogP contribution in [0.5, 0.6) is 0 Å². The van der Waals surface area contributed by atoms with Gasteiger partial charge in [-0.3, -0.25) is 4.98 Å². The van der Waals surface area contributed by atoms with Crippen LogP contribution in [0.3, 0.4) is 0 Å². The third-order valence-electron chi connectivity index (χ3n) is 4.27. The average Bonchev–Trinajstić information content (AvgIpc) is 3.06. The summed E-state index contributed by atoms with van der Waals surface area (Å²) in [5.41, 5.74) is 5.72. The molecule has 25 heavy (non-hydrogen) atoms. The zero-order chi connectivity index (χ0) is 16.9. The molecule has 0 amide bonds. The number of hydrogen-bond donors (Lipinski definition) is 0. The molecule has 0 saturated carbocycles. The van der Waals surface area contributed by atoms with Crippen molar-refractivity contribution in [3.05, 3.63) is 108 Å². The highest BCUT2D eigenvalue weighted by atomic mass is 15.1. The molecule has 0 saturated heterocycles. The molecule has 122 valence electrons. The summed E-state index contributed by atoms with van der Waals surface area (Å²) in [6.45, 7) is 0.725. The minimum absolute atomic E-state index is 0.725. The molecule has 0 N–H and O–H groups in total. The van der Waals surface area contributed by atoms with Gasteiger partial charge in [0, 0.05) is 18.2 Å². The lowest BCUT2D eigenvalue weighted by Crippen LogP contribution is -2.06. The van der Waals surface area contributed by atoms with Gasteiger partial charge in [-0.05, 0) is 17.7 Å². The second-order valence-electron chi connectivity index (χ2n) is 6.02. The highest BCUT2D eigenvalue weighted by Crippen LogP contribution is 2.25. The number of aromatic nitrogens is 3. The zero-order valence-electron chi connectivity index (χ0n) is 13.9. The van der Waals surface area contributed by atoms with Crippen molar-refractivity contribution in [2.24, 2.45) is 0 Å². The van der Waals surface area contributed by atoms with Crippen molar-refractivity contribution < 1.29 is 0 Å². The molecule has 0 aliphatic rings. The third-order valence-corrected chi connectivity index (χ3v) is 4.27. The van der Waals surface area contributed by atoms with Crippen LogP contribution < -0.4 is 0 Å². The van der Waals surface area contributed by atoms with Crippen molar-refractivity contribution >= 4 is 0 Å². The van der Waals surface area contributed by atoms with Gasteiger partial charge in [0.2, 0.25) is 0 Å². The van der Waals surface area contributed by atoms with E-state index < -0.39 is 0 Å². The highest BCUT2D eigenvalue weighted by Gasteiger charge is 2.14. The quantitative estimate of drug-likeness (QED) is 0.537. The van der Waals surface area contributed by atoms with Crippen LogP contribution in [0.15, 0.2) is 91.4 Å². The Morgan fingerprint density at radius 1 is 0.720 bits per heavy atom. The summed E-state index contributed by atoms with van der Waals surface area (Å²) in [6, 6.07) is 26.9. The van der Waals surface area contributed by atoms with Crippen molar-refractivity contribution in [2.45, 2.75) is 13.0 Å². The summed E-state index contributed by atoms with van der Waals surface area (Å²) in [5.74, 6) is 0. The van der Waals surface area contributed by atoms with E-state index in [1.165, 1.54) is 11.3 Å². The first-order valence-electron chi connectivity index (χ1n) is 8.43. The molecule has 4 aromatic rings. The lowest BCUT2D eigenvalue weighted by atomic mass is 10.0. The van der Waals surface area contributed by atoms with E-state index in [2.05, 4.69) is 64.1 Å². The molecule has 2 aromatic heterocycles. The molecule has 0 radical (unpaired) electrons. The van der Waals surface area contributed by atoms with Crippen LogP contribution in [0.1, 0.15) is 17.0 Å². The fraction of sp³-hybridized carbons (Fsp3) is 0.0909. The molecule has 0 spiro atoms. The van der Waals surface area contributed by atoms with Gasteiger partial charge in [-0.1, -0.05) is 66.7 Å². The first-order valence-corrected chi connectivity index (χ1v) is 8.43. The van der Waals surface area contributed by atoms with Gasteiger partial charge in [0.15, 0.2) is 0 Å². The van der Waals surface area contributed by atoms with Crippen LogP contribution in [-0.2, 0) is 13.0 Å². The van der Waals surface area contributed by atoms with E-state index in [0.29, 0.717) is 0 Å². The first kappa shape index (κ1) is 15.3. The van der Waals surface area contributed by atoms with Gasteiger partial charge in [-0.15, -0.1) is 0 Å². The Labute approximate surface area is 147 Å². The topological polar surface area (TPSA) is 30.7 Å². The van der Waals surface area contributed by atoms with E-state index in [1.807, 2.05) is 36.8 Å². The molecular weight excluding hydrogens is 306 g/mol. The number of pyridine rings is 1. The molecule has 0 unspecified atom stereocenters. The van der Waals surface area contributed by atoms with E-state index in [0.717, 1.165) is 29.9 Å². The summed E-state index contributed by atoms with van der Waals surface area (Å²) < 4.78 is 2.21. The number of benzene rings is 2. The molecule has 0 atom stereocenters. The number of nitrogens with zero attached hydrogens (tertiary/aromatic N) is 3. The molecule has 3 nitrogen and oxygen atoms in total. The summed E-state index contributed by atoms with van der Waals surface area (Å²) in [7, 11) is 0. The van der Waals surface area contributed by atoms with Gasteiger partial charge in [0.1, 0.15) is 0 Å². The van der Waals surface area contributed by atoms with Gasteiger partial charge >= 0.3 is 0 Å². The van der Waals surface area contributed by atoms with Crippen LogP contribution in [0.25, 0.3) is 11.3 Å². The van der Waals surface area contributed by atoms with Crippen molar-refractivity contribution in [3.8, 4) is 11.3 Å². The van der Waals surface area contributed by atoms with Crippen LogP contribution in [0.2, 0.25) is 0 Å². The summed E-state index contributed by atoms with van der Waals surface area (Å²) in [6.07, 6.45) is 4.61. The van der Waals surface area contributed by atoms with Gasteiger partial charge in [-0.25, -0.2) is 4.98 Å². The molecule has 0 bridgehead atoms. The van der Waals surface area contributed by atoms with E-state index in [1.54, 1.807) is 0 Å². The Hall–Kier alpha value is -3.20. The normalized spacial score (nSPS) is 10.7. The SMILES string of the molecule is c1ccc(Cc2c(-c3ccccc3)ncn2Cc2ccccn2)cc1. The van der Waals surface area contributed by atoms with Gasteiger partial charge in [-0.2, -0.15) is 0 Å². The second kappa shape index (κ2) is 7.14. The number of hydrogen-bond acceptors (Lipinski definition) is 2. The van der Waals surface area contributed by atoms with E-state index in [-0.39, 0.29) is 0 Å². The Kier molecular flexibility index (Phi) is 4.38. The van der Waals surface area contributed by atoms with Crippen LogP contribution in [0.4, 0.5) is 0 Å². The number of rotatable bonds is 5. The van der Waals surface area contributed by atoms with Gasteiger partial charge < -0.3 is 4.57 Å². The average molecular weight is 325 g/mol. The molecule has 0 fully saturated rings. The standard InChI is InChI=1S/C22H19N3/c1-3-9-18(10-4-1)15-21-22(19-11-5-2-6-12-19)24-17-25(21)16-20-13-7-8-14-23-20/h1-14,17H,15-16H2. The predicted octanol–water partition coefficient (Wildman–Crippen LogP) is 4.58. The molecule has 4 rings (SSSR count). The summed E-state index contributed by atoms with van der Waals surface area (Å²) in [5, 5.41) is 0. The maximum absolute atomic E-state index is 4.71. The molecule has 0 aliphatic heterocycles. The Morgan fingerprint density at radius 2 is 1.44 bits per heavy atom. The monoisotopic (exact) mass is 325 g/mol. The molecule has 0 aliphatic carbocycles. The highest BCUT2D eigenvalue weighted by molar-refractivity contribution is 5.62. The Balaban J connectivity index is 1.75. The zero-order valence-corrected chi connectivity index (χ0v) is 13.9.